The summed E-state index contributed by atoms with van der Waals surface area (Å²) in [5.74, 6) is -1.50. The summed E-state index contributed by atoms with van der Waals surface area (Å²) in [5, 5.41) is 11.6. The van der Waals surface area contributed by atoms with Gasteiger partial charge in [-0.1, -0.05) is 23.8 Å². The molecule has 1 aromatic rings. The molecular formula is C34H38O8. The van der Waals surface area contributed by atoms with Crippen LogP contribution in [0.3, 0.4) is 0 Å². The monoisotopic (exact) mass is 574 g/mol. The van der Waals surface area contributed by atoms with Crippen LogP contribution in [0.1, 0.15) is 82.8 Å². The Balaban J connectivity index is 1.64. The number of aromatic hydroxyl groups is 1. The van der Waals surface area contributed by atoms with Crippen molar-refractivity contribution in [2.24, 2.45) is 11.8 Å². The maximum Gasteiger partial charge on any atom is 0.333 e. The molecule has 3 heterocycles. The zero-order valence-electron chi connectivity index (χ0n) is 25.5. The van der Waals surface area contributed by atoms with E-state index < -0.39 is 34.3 Å². The van der Waals surface area contributed by atoms with E-state index in [1.165, 1.54) is 7.11 Å². The van der Waals surface area contributed by atoms with Crippen LogP contribution in [-0.2, 0) is 25.5 Å². The predicted molar refractivity (Wildman–Crippen MR) is 156 cm³/mol. The van der Waals surface area contributed by atoms with E-state index in [4.69, 9.17) is 18.9 Å². The quantitative estimate of drug-likeness (QED) is 0.275. The third-order valence-corrected chi connectivity index (χ3v) is 9.54. The summed E-state index contributed by atoms with van der Waals surface area (Å²) in [7, 11) is 1.30. The van der Waals surface area contributed by atoms with Gasteiger partial charge in [0.25, 0.3) is 0 Å². The van der Waals surface area contributed by atoms with Gasteiger partial charge in [-0.05, 0) is 73.5 Å². The van der Waals surface area contributed by atoms with E-state index in [0.717, 1.165) is 5.57 Å². The SMILES string of the molecule is COC(=O)/C(C)=C\C[C@]12OC(C)(C)C3C[C@H](C=C4C(=O)c5c(O)c6c(c(CC=C(C)C)c5O[C@@]431)OC(C)(C)C=C6)C2=O. The summed E-state index contributed by atoms with van der Waals surface area (Å²) in [4.78, 5) is 41.1. The molecular weight excluding hydrogens is 536 g/mol. The van der Waals surface area contributed by atoms with Crippen LogP contribution >= 0.6 is 0 Å². The lowest BCUT2D eigenvalue weighted by Crippen LogP contribution is -2.72. The molecule has 3 aliphatic heterocycles. The molecule has 7 rings (SSSR count). The molecule has 1 N–H and O–H groups in total. The van der Waals surface area contributed by atoms with Crippen LogP contribution in [0.4, 0.5) is 0 Å². The van der Waals surface area contributed by atoms with Crippen LogP contribution in [0.2, 0.25) is 0 Å². The van der Waals surface area contributed by atoms with Gasteiger partial charge in [-0.15, -0.1) is 0 Å². The Labute approximate surface area is 246 Å². The van der Waals surface area contributed by atoms with Crippen LogP contribution in [-0.4, -0.2) is 52.2 Å². The number of ketones is 2. The smallest absolute Gasteiger partial charge is 0.333 e. The average molecular weight is 575 g/mol. The van der Waals surface area contributed by atoms with Crippen LogP contribution in [0.25, 0.3) is 6.08 Å². The molecule has 4 atom stereocenters. The molecule has 1 aromatic carbocycles. The van der Waals surface area contributed by atoms with Gasteiger partial charge in [-0.3, -0.25) is 9.59 Å². The Hall–Kier alpha value is -3.65. The standard InChI is InChI=1S/C34H38O8/c1-17(2)9-10-21-27-20(12-13-31(4,5)40-27)25(35)24-26(36)22-15-19-16-23-32(6,7)42-33(29(19)37,34(22,23)41-28(21)24)14-11-18(3)30(38)39-8/h9,11-13,15,19,23,35H,10,14,16H2,1-8H3/b18-11-/t19-,23?,33+,34-/m0/s1. The summed E-state index contributed by atoms with van der Waals surface area (Å²) >= 11 is 0. The highest BCUT2D eigenvalue weighted by molar-refractivity contribution is 6.19. The zero-order chi connectivity index (χ0) is 30.6. The third-order valence-electron chi connectivity index (χ3n) is 9.54. The number of Topliss-reactive ketones (excluding diaryl/α,β-unsaturated/α-hetero) is 2. The van der Waals surface area contributed by atoms with E-state index in [1.54, 1.807) is 25.2 Å². The summed E-state index contributed by atoms with van der Waals surface area (Å²) in [6, 6.07) is 0. The molecule has 8 nitrogen and oxygen atoms in total. The van der Waals surface area contributed by atoms with Crippen molar-refractivity contribution in [1.29, 1.82) is 0 Å². The van der Waals surface area contributed by atoms with Gasteiger partial charge in [-0.25, -0.2) is 4.79 Å². The Bertz CT molecular complexity index is 1580. The topological polar surface area (TPSA) is 108 Å². The second-order valence-electron chi connectivity index (χ2n) is 13.4. The number of benzene rings is 1. The third kappa shape index (κ3) is 3.60. The summed E-state index contributed by atoms with van der Waals surface area (Å²) in [6.45, 7) is 13.3. The highest BCUT2D eigenvalue weighted by atomic mass is 16.6. The number of carbonyl (C=O) groups is 3. The minimum absolute atomic E-state index is 0.0235. The van der Waals surface area contributed by atoms with E-state index in [0.29, 0.717) is 40.9 Å². The highest BCUT2D eigenvalue weighted by Gasteiger charge is 2.81. The molecule has 1 saturated heterocycles. The number of phenols is 1. The van der Waals surface area contributed by atoms with Crippen molar-refractivity contribution in [2.45, 2.75) is 90.1 Å². The lowest BCUT2D eigenvalue weighted by atomic mass is 9.51. The molecule has 0 amide bonds. The van der Waals surface area contributed by atoms with E-state index >= 15 is 0 Å². The number of hydrogen-bond donors (Lipinski definition) is 1. The average Bonchev–Trinajstić information content (AvgIpc) is 3.07. The number of ether oxygens (including phenoxy) is 4. The van der Waals surface area contributed by atoms with Crippen molar-refractivity contribution in [3.63, 3.8) is 0 Å². The molecule has 2 fully saturated rings. The minimum atomic E-state index is -1.56. The minimum Gasteiger partial charge on any atom is -0.506 e. The molecule has 4 bridgehead atoms. The maximum atomic E-state index is 14.6. The first-order valence-electron chi connectivity index (χ1n) is 14.5. The van der Waals surface area contributed by atoms with E-state index in [1.807, 2.05) is 53.7 Å². The number of methoxy groups -OCH3 is 1. The van der Waals surface area contributed by atoms with Gasteiger partial charge in [0.2, 0.25) is 0 Å². The fourth-order valence-electron chi connectivity index (χ4n) is 7.60. The van der Waals surface area contributed by atoms with Crippen molar-refractivity contribution in [2.75, 3.05) is 7.11 Å². The predicted octanol–water partition coefficient (Wildman–Crippen LogP) is 5.60. The molecule has 8 heteroatoms. The lowest BCUT2D eigenvalue weighted by molar-refractivity contribution is -0.171. The van der Waals surface area contributed by atoms with Crippen molar-refractivity contribution in [1.82, 2.24) is 0 Å². The van der Waals surface area contributed by atoms with Gasteiger partial charge in [0, 0.05) is 35.0 Å². The van der Waals surface area contributed by atoms with Crippen molar-refractivity contribution < 1.29 is 38.4 Å². The van der Waals surface area contributed by atoms with Gasteiger partial charge < -0.3 is 24.1 Å². The van der Waals surface area contributed by atoms with E-state index in [-0.39, 0.29) is 41.0 Å². The molecule has 6 aliphatic rings. The fourth-order valence-corrected chi connectivity index (χ4v) is 7.60. The molecule has 222 valence electrons. The molecule has 1 spiro atoms. The number of carbonyl (C=O) groups excluding carboxylic acids is 3. The number of fused-ring (bicyclic) bond motifs is 2. The number of phenolic OH excluding ortho intramolecular Hbond substituents is 1. The Morgan fingerprint density at radius 2 is 1.81 bits per heavy atom. The first-order valence-corrected chi connectivity index (χ1v) is 14.5. The fraction of sp³-hybridized carbons (Fsp3) is 0.500. The second-order valence-corrected chi connectivity index (χ2v) is 13.4. The molecule has 42 heavy (non-hydrogen) atoms. The molecule has 0 radical (unpaired) electrons. The Morgan fingerprint density at radius 1 is 1.10 bits per heavy atom. The van der Waals surface area contributed by atoms with Gasteiger partial charge in [0.15, 0.2) is 22.8 Å². The highest BCUT2D eigenvalue weighted by Crippen LogP contribution is 2.68. The summed E-state index contributed by atoms with van der Waals surface area (Å²) < 4.78 is 25.1. The number of esters is 1. The number of hydrogen-bond acceptors (Lipinski definition) is 8. The van der Waals surface area contributed by atoms with Crippen LogP contribution in [0.5, 0.6) is 17.2 Å². The van der Waals surface area contributed by atoms with Crippen LogP contribution < -0.4 is 9.47 Å². The Kier molecular flexibility index (Phi) is 6.05. The van der Waals surface area contributed by atoms with Gasteiger partial charge in [-0.2, -0.15) is 0 Å². The van der Waals surface area contributed by atoms with Gasteiger partial charge >= 0.3 is 5.97 Å². The zero-order valence-corrected chi connectivity index (χ0v) is 25.5. The summed E-state index contributed by atoms with van der Waals surface area (Å²) in [5.41, 5.74) is -1.64. The van der Waals surface area contributed by atoms with Crippen molar-refractivity contribution >= 4 is 23.6 Å². The van der Waals surface area contributed by atoms with Gasteiger partial charge in [0.05, 0.1) is 18.3 Å². The number of allylic oxidation sites excluding steroid dienone is 3. The van der Waals surface area contributed by atoms with Crippen LogP contribution in [0.15, 0.2) is 41.0 Å². The lowest BCUT2D eigenvalue weighted by Gasteiger charge is -2.56. The van der Waals surface area contributed by atoms with Crippen LogP contribution in [0, 0.1) is 11.8 Å². The largest absolute Gasteiger partial charge is 0.506 e. The number of rotatable bonds is 5. The first-order chi connectivity index (χ1) is 19.6. The molecule has 1 unspecified atom stereocenters. The maximum absolute atomic E-state index is 14.6. The first kappa shape index (κ1) is 28.5. The Morgan fingerprint density at radius 3 is 2.48 bits per heavy atom. The van der Waals surface area contributed by atoms with Crippen molar-refractivity contribution in [3.8, 4) is 17.2 Å². The molecule has 0 aromatic heterocycles. The molecule has 3 aliphatic carbocycles. The van der Waals surface area contributed by atoms with Crippen molar-refractivity contribution in [3.05, 3.63) is 57.7 Å². The van der Waals surface area contributed by atoms with E-state index in [2.05, 4.69) is 0 Å². The van der Waals surface area contributed by atoms with Gasteiger partial charge in [0.1, 0.15) is 28.4 Å². The second kappa shape index (κ2) is 8.93. The van der Waals surface area contributed by atoms with E-state index in [9.17, 15) is 19.5 Å². The summed E-state index contributed by atoms with van der Waals surface area (Å²) in [6.07, 6.45) is 9.90. The normalized spacial score (nSPS) is 30.9. The molecule has 1 saturated carbocycles.